The largest absolute Gasteiger partial charge is 0.493 e. The van der Waals surface area contributed by atoms with Gasteiger partial charge in [-0.15, -0.1) is 0 Å². The second-order valence-corrected chi connectivity index (χ2v) is 5.30. The molecule has 0 saturated carbocycles. The van der Waals surface area contributed by atoms with Crippen LogP contribution in [0.1, 0.15) is 21.3 Å². The average molecular weight is 367 g/mol. The highest BCUT2D eigenvalue weighted by atomic mass is 35.5. The van der Waals surface area contributed by atoms with Crippen LogP contribution in [-0.2, 0) is 6.42 Å². The first-order valence-electron chi connectivity index (χ1n) is 7.80. The lowest BCUT2D eigenvalue weighted by Crippen LogP contribution is -2.06. The summed E-state index contributed by atoms with van der Waals surface area (Å²) in [7, 11) is -2.89. The molecule has 0 fully saturated rings. The van der Waals surface area contributed by atoms with Crippen LogP contribution in [0.15, 0.2) is 30.6 Å². The zero-order chi connectivity index (χ0) is 19.5. The van der Waals surface area contributed by atoms with Crippen molar-refractivity contribution in [2.75, 3.05) is 7.04 Å². The van der Waals surface area contributed by atoms with Crippen LogP contribution in [0.4, 0.5) is 8.78 Å². The minimum atomic E-state index is -3.17. The highest BCUT2D eigenvalue weighted by molar-refractivity contribution is 6.35. The van der Waals surface area contributed by atoms with E-state index in [9.17, 15) is 13.9 Å². The summed E-state index contributed by atoms with van der Waals surface area (Å²) in [6.45, 7) is -3.17. The van der Waals surface area contributed by atoms with E-state index in [0.29, 0.717) is 5.56 Å². The number of halogens is 4. The monoisotopic (exact) mass is 366 g/mol. The minimum Gasteiger partial charge on any atom is -0.493 e. The van der Waals surface area contributed by atoms with Gasteiger partial charge in [0.05, 0.1) is 27.3 Å². The Labute approximate surface area is 145 Å². The molecule has 0 amide bonds. The van der Waals surface area contributed by atoms with Gasteiger partial charge in [-0.25, -0.2) is 0 Å². The number of pyridine rings is 1. The molecule has 0 aliphatic heterocycles. The summed E-state index contributed by atoms with van der Waals surface area (Å²) in [6, 6.07) is 3.50. The summed E-state index contributed by atoms with van der Waals surface area (Å²) >= 11 is 12.0. The molecule has 0 saturated heterocycles. The molecule has 0 spiro atoms. The van der Waals surface area contributed by atoms with Crippen molar-refractivity contribution < 1.29 is 27.5 Å². The lowest BCUT2D eigenvalue weighted by molar-refractivity contribution is -0.0512. The molecular weight excluding hydrogens is 351 g/mol. The Morgan fingerprint density at radius 3 is 2.57 bits per heavy atom. The fourth-order valence-electron chi connectivity index (χ4n) is 1.95. The molecule has 2 aromatic rings. The maximum Gasteiger partial charge on any atom is 0.387 e. The highest BCUT2D eigenvalue weighted by Crippen LogP contribution is 2.34. The predicted octanol–water partition coefficient (Wildman–Crippen LogP) is 4.27. The van der Waals surface area contributed by atoms with Gasteiger partial charge in [-0.2, -0.15) is 8.78 Å². The van der Waals surface area contributed by atoms with Crippen LogP contribution in [0.25, 0.3) is 0 Å². The Kier molecular flexibility index (Phi) is 4.65. The first-order chi connectivity index (χ1) is 12.1. The van der Waals surface area contributed by atoms with E-state index in [2.05, 4.69) is 9.72 Å². The van der Waals surface area contributed by atoms with E-state index in [0.717, 1.165) is 12.1 Å². The Morgan fingerprint density at radius 2 is 1.96 bits per heavy atom. The second-order valence-electron chi connectivity index (χ2n) is 4.49. The van der Waals surface area contributed by atoms with Crippen LogP contribution in [-0.4, -0.2) is 23.7 Å². The molecule has 0 radical (unpaired) electrons. The third kappa shape index (κ3) is 4.43. The fourth-order valence-corrected chi connectivity index (χ4v) is 2.47. The van der Waals surface area contributed by atoms with Crippen molar-refractivity contribution in [1.29, 1.82) is 0 Å². The summed E-state index contributed by atoms with van der Waals surface area (Å²) in [5.41, 5.74) is 0.636. The van der Waals surface area contributed by atoms with E-state index in [1.54, 1.807) is 0 Å². The Morgan fingerprint density at radius 1 is 1.26 bits per heavy atom. The molecule has 0 bridgehead atoms. The molecule has 1 N–H and O–H groups in total. The van der Waals surface area contributed by atoms with Crippen molar-refractivity contribution in [1.82, 2.24) is 4.98 Å². The number of aliphatic hydroxyl groups excluding tert-OH is 1. The van der Waals surface area contributed by atoms with Gasteiger partial charge in [0, 0.05) is 18.8 Å². The maximum atomic E-state index is 12.5. The number of aromatic nitrogens is 1. The normalized spacial score (nSPS) is 14.8. The van der Waals surface area contributed by atoms with E-state index in [4.69, 9.17) is 32.1 Å². The molecule has 4 nitrogen and oxygen atoms in total. The smallest absolute Gasteiger partial charge is 0.387 e. The zero-order valence-corrected chi connectivity index (χ0v) is 13.0. The van der Waals surface area contributed by atoms with Crippen molar-refractivity contribution in [2.24, 2.45) is 0 Å². The van der Waals surface area contributed by atoms with Gasteiger partial charge in [-0.05, 0) is 23.3 Å². The molecule has 1 atom stereocenters. The van der Waals surface area contributed by atoms with Gasteiger partial charge in [0.25, 0.3) is 0 Å². The SMILES string of the molecule is [2H]C([2H])([2H])Oc1cc([C@@H](O)Cc2c(Cl)cncc2Cl)ccc1OC(F)F. The minimum absolute atomic E-state index is 0.0115. The Balaban J connectivity index is 2.32. The van der Waals surface area contributed by atoms with E-state index < -0.39 is 31.3 Å². The summed E-state index contributed by atoms with van der Waals surface area (Å²) < 4.78 is 55.2. The van der Waals surface area contributed by atoms with Crippen LogP contribution in [0, 0.1) is 0 Å². The number of methoxy groups -OCH3 is 1. The molecule has 1 aromatic carbocycles. The second kappa shape index (κ2) is 7.77. The van der Waals surface area contributed by atoms with Gasteiger partial charge >= 0.3 is 6.61 Å². The van der Waals surface area contributed by atoms with Crippen molar-refractivity contribution in [2.45, 2.75) is 19.1 Å². The summed E-state index contributed by atoms with van der Waals surface area (Å²) in [4.78, 5) is 3.80. The molecular formula is C15H13Cl2F2NO3. The van der Waals surface area contributed by atoms with Gasteiger partial charge in [-0.3, -0.25) is 4.98 Å². The van der Waals surface area contributed by atoms with Crippen LogP contribution < -0.4 is 9.47 Å². The standard InChI is InChI=1S/C15H13Cl2F2NO3/c1-22-14-4-8(2-3-13(14)23-15(18)19)12(21)5-9-10(16)6-20-7-11(9)17/h2-4,6-7,12,15,21H,5H2,1H3/t12-/m0/s1/i1D3. The third-order valence-corrected chi connectivity index (χ3v) is 3.68. The number of hydrogen-bond acceptors (Lipinski definition) is 4. The van der Waals surface area contributed by atoms with E-state index in [-0.39, 0.29) is 22.0 Å². The van der Waals surface area contributed by atoms with Gasteiger partial charge < -0.3 is 14.6 Å². The van der Waals surface area contributed by atoms with Crippen LogP contribution >= 0.6 is 23.2 Å². The molecule has 1 aromatic heterocycles. The quantitative estimate of drug-likeness (QED) is 0.828. The first-order valence-corrected chi connectivity index (χ1v) is 7.06. The highest BCUT2D eigenvalue weighted by Gasteiger charge is 2.17. The summed E-state index contributed by atoms with van der Waals surface area (Å²) in [6.07, 6.45) is 1.55. The van der Waals surface area contributed by atoms with Crippen molar-refractivity contribution in [3.8, 4) is 11.5 Å². The van der Waals surface area contributed by atoms with Crippen LogP contribution in [0.2, 0.25) is 10.0 Å². The first kappa shape index (κ1) is 13.8. The van der Waals surface area contributed by atoms with Gasteiger partial charge in [0.2, 0.25) is 0 Å². The number of aliphatic hydroxyl groups is 1. The van der Waals surface area contributed by atoms with Gasteiger partial charge in [-0.1, -0.05) is 29.3 Å². The third-order valence-electron chi connectivity index (χ3n) is 3.03. The number of benzene rings is 1. The summed E-state index contributed by atoms with van der Waals surface area (Å²) in [5.74, 6) is -0.916. The lowest BCUT2D eigenvalue weighted by atomic mass is 10.0. The van der Waals surface area contributed by atoms with Gasteiger partial charge in [0.15, 0.2) is 11.5 Å². The number of nitrogens with zero attached hydrogens (tertiary/aromatic N) is 1. The molecule has 0 unspecified atom stereocenters. The summed E-state index contributed by atoms with van der Waals surface area (Å²) in [5, 5.41) is 10.9. The van der Waals surface area contributed by atoms with Crippen molar-refractivity contribution >= 4 is 23.2 Å². The van der Waals surface area contributed by atoms with E-state index in [1.807, 2.05) is 0 Å². The number of rotatable bonds is 6. The molecule has 0 aliphatic rings. The molecule has 2 rings (SSSR count). The van der Waals surface area contributed by atoms with Crippen LogP contribution in [0.3, 0.4) is 0 Å². The lowest BCUT2D eigenvalue weighted by Gasteiger charge is -2.16. The molecule has 23 heavy (non-hydrogen) atoms. The Bertz CT molecular complexity index is 758. The number of ether oxygens (including phenoxy) is 2. The van der Waals surface area contributed by atoms with Crippen molar-refractivity contribution in [3.05, 3.63) is 51.8 Å². The molecule has 124 valence electrons. The Hall–Kier alpha value is -1.63. The number of hydrogen-bond donors (Lipinski definition) is 1. The van der Waals surface area contributed by atoms with Crippen LogP contribution in [0.5, 0.6) is 11.5 Å². The van der Waals surface area contributed by atoms with Crippen molar-refractivity contribution in [3.63, 3.8) is 0 Å². The molecule has 0 aliphatic carbocycles. The van der Waals surface area contributed by atoms with Gasteiger partial charge in [0.1, 0.15) is 0 Å². The number of alkyl halides is 2. The molecule has 1 heterocycles. The van der Waals surface area contributed by atoms with E-state index >= 15 is 0 Å². The topological polar surface area (TPSA) is 51.6 Å². The fraction of sp³-hybridized carbons (Fsp3) is 0.267. The average Bonchev–Trinajstić information content (AvgIpc) is 2.50. The maximum absolute atomic E-state index is 12.5. The van der Waals surface area contributed by atoms with E-state index in [1.165, 1.54) is 18.5 Å². The predicted molar refractivity (Wildman–Crippen MR) is 82.5 cm³/mol. The zero-order valence-electron chi connectivity index (χ0n) is 14.5. The molecule has 8 heteroatoms.